The molecular formula is C16H26N2OS. The van der Waals surface area contributed by atoms with Crippen LogP contribution in [0.2, 0.25) is 0 Å². The van der Waals surface area contributed by atoms with Gasteiger partial charge in [0.15, 0.2) is 0 Å². The van der Waals surface area contributed by atoms with Crippen LogP contribution < -0.4 is 5.32 Å². The van der Waals surface area contributed by atoms with E-state index in [-0.39, 0.29) is 0 Å². The van der Waals surface area contributed by atoms with Gasteiger partial charge in [-0.1, -0.05) is 0 Å². The third-order valence-electron chi connectivity index (χ3n) is 4.53. The highest BCUT2D eigenvalue weighted by molar-refractivity contribution is 7.07. The van der Waals surface area contributed by atoms with E-state index in [1.807, 2.05) is 0 Å². The first kappa shape index (κ1) is 14.5. The molecule has 0 amide bonds. The molecule has 0 radical (unpaired) electrons. The summed E-state index contributed by atoms with van der Waals surface area (Å²) >= 11 is 1.79. The van der Waals surface area contributed by atoms with Crippen molar-refractivity contribution in [2.45, 2.75) is 38.3 Å². The molecule has 3 nitrogen and oxygen atoms in total. The second-order valence-electron chi connectivity index (χ2n) is 6.57. The van der Waals surface area contributed by atoms with Crippen LogP contribution in [-0.4, -0.2) is 44.3 Å². The SMILES string of the molecule is CN(Cc1ccsc1)CC1(CNC2CC2)CCOCC1. The quantitative estimate of drug-likeness (QED) is 0.837. The Morgan fingerprint density at radius 1 is 1.40 bits per heavy atom. The van der Waals surface area contributed by atoms with Gasteiger partial charge in [0.1, 0.15) is 0 Å². The molecule has 2 fully saturated rings. The zero-order valence-corrected chi connectivity index (χ0v) is 13.3. The van der Waals surface area contributed by atoms with Crippen LogP contribution in [0.25, 0.3) is 0 Å². The molecule has 0 bridgehead atoms. The maximum Gasteiger partial charge on any atom is 0.0472 e. The zero-order valence-electron chi connectivity index (χ0n) is 12.4. The average molecular weight is 294 g/mol. The van der Waals surface area contributed by atoms with Crippen LogP contribution in [0.3, 0.4) is 0 Å². The minimum absolute atomic E-state index is 0.408. The summed E-state index contributed by atoms with van der Waals surface area (Å²) in [6, 6.07) is 3.04. The molecule has 4 heteroatoms. The van der Waals surface area contributed by atoms with Gasteiger partial charge >= 0.3 is 0 Å². The Bertz CT molecular complexity index is 397. The van der Waals surface area contributed by atoms with Crippen molar-refractivity contribution in [1.29, 1.82) is 0 Å². The first-order chi connectivity index (χ1) is 9.76. The van der Waals surface area contributed by atoms with Gasteiger partial charge in [-0.2, -0.15) is 11.3 Å². The van der Waals surface area contributed by atoms with Crippen LogP contribution in [0.1, 0.15) is 31.2 Å². The lowest BCUT2D eigenvalue weighted by Crippen LogP contribution is -2.46. The van der Waals surface area contributed by atoms with E-state index in [2.05, 4.69) is 34.1 Å². The Morgan fingerprint density at radius 2 is 2.20 bits per heavy atom. The first-order valence-electron chi connectivity index (χ1n) is 7.77. The topological polar surface area (TPSA) is 24.5 Å². The number of ether oxygens (including phenoxy) is 1. The van der Waals surface area contributed by atoms with Crippen LogP contribution in [0.4, 0.5) is 0 Å². The summed E-state index contributed by atoms with van der Waals surface area (Å²) < 4.78 is 5.59. The molecule has 0 atom stereocenters. The summed E-state index contributed by atoms with van der Waals surface area (Å²) in [5, 5.41) is 8.18. The number of thiophene rings is 1. The summed E-state index contributed by atoms with van der Waals surface area (Å²) in [5.74, 6) is 0. The number of nitrogens with one attached hydrogen (secondary N) is 1. The van der Waals surface area contributed by atoms with Crippen LogP contribution >= 0.6 is 11.3 Å². The van der Waals surface area contributed by atoms with Crippen LogP contribution in [0.5, 0.6) is 0 Å². The van der Waals surface area contributed by atoms with Gasteiger partial charge in [0, 0.05) is 38.9 Å². The molecule has 0 aromatic carbocycles. The smallest absolute Gasteiger partial charge is 0.0472 e. The molecule has 20 heavy (non-hydrogen) atoms. The molecule has 1 N–H and O–H groups in total. The number of rotatable bonds is 7. The summed E-state index contributed by atoms with van der Waals surface area (Å²) in [5.41, 5.74) is 1.85. The molecule has 1 aliphatic heterocycles. The maximum atomic E-state index is 5.59. The second-order valence-corrected chi connectivity index (χ2v) is 7.35. The highest BCUT2D eigenvalue weighted by Gasteiger charge is 2.35. The van der Waals surface area contributed by atoms with Crippen molar-refractivity contribution in [2.24, 2.45) is 5.41 Å². The molecule has 3 rings (SSSR count). The van der Waals surface area contributed by atoms with Gasteiger partial charge in [-0.05, 0) is 60.5 Å². The first-order valence-corrected chi connectivity index (χ1v) is 8.71. The number of nitrogens with zero attached hydrogens (tertiary/aromatic N) is 1. The van der Waals surface area contributed by atoms with Gasteiger partial charge in [-0.25, -0.2) is 0 Å². The third kappa shape index (κ3) is 4.04. The lowest BCUT2D eigenvalue weighted by Gasteiger charge is -2.40. The van der Waals surface area contributed by atoms with Crippen molar-refractivity contribution in [1.82, 2.24) is 10.2 Å². The second kappa shape index (κ2) is 6.56. The van der Waals surface area contributed by atoms with Gasteiger partial charge in [0.25, 0.3) is 0 Å². The number of hydrogen-bond donors (Lipinski definition) is 1. The molecule has 2 aliphatic rings. The minimum atomic E-state index is 0.408. The van der Waals surface area contributed by atoms with Gasteiger partial charge in [-0.3, -0.25) is 0 Å². The lowest BCUT2D eigenvalue weighted by atomic mass is 9.79. The largest absolute Gasteiger partial charge is 0.381 e. The third-order valence-corrected chi connectivity index (χ3v) is 5.27. The standard InChI is InChI=1S/C16H26N2OS/c1-18(10-14-4-9-20-11-14)13-16(5-7-19-8-6-16)12-17-15-2-3-15/h4,9,11,15,17H,2-3,5-8,10,12-13H2,1H3. The van der Waals surface area contributed by atoms with E-state index in [9.17, 15) is 0 Å². The van der Waals surface area contributed by atoms with Crippen molar-refractivity contribution in [3.05, 3.63) is 22.4 Å². The highest BCUT2D eigenvalue weighted by Crippen LogP contribution is 2.32. The zero-order chi connectivity index (χ0) is 13.8. The molecule has 1 aromatic heterocycles. The Labute approximate surface area is 126 Å². The Balaban J connectivity index is 1.56. The molecule has 0 spiro atoms. The molecule has 1 saturated heterocycles. The van der Waals surface area contributed by atoms with E-state index in [1.165, 1.54) is 37.8 Å². The Hall–Kier alpha value is -0.420. The number of hydrogen-bond acceptors (Lipinski definition) is 4. The van der Waals surface area contributed by atoms with Crippen LogP contribution in [0.15, 0.2) is 16.8 Å². The molecule has 1 aliphatic carbocycles. The summed E-state index contributed by atoms with van der Waals surface area (Å²) in [4.78, 5) is 2.49. The predicted octanol–water partition coefficient (Wildman–Crippen LogP) is 2.73. The van der Waals surface area contributed by atoms with E-state index in [0.717, 1.165) is 32.3 Å². The Kier molecular flexibility index (Phi) is 4.76. The summed E-state index contributed by atoms with van der Waals surface area (Å²) in [6.45, 7) is 5.26. The van der Waals surface area contributed by atoms with Gasteiger partial charge in [0.2, 0.25) is 0 Å². The summed E-state index contributed by atoms with van der Waals surface area (Å²) in [6.07, 6.45) is 5.13. The molecule has 1 saturated carbocycles. The molecule has 2 heterocycles. The maximum absolute atomic E-state index is 5.59. The van der Waals surface area contributed by atoms with E-state index < -0.39 is 0 Å². The van der Waals surface area contributed by atoms with Crippen molar-refractivity contribution in [3.8, 4) is 0 Å². The minimum Gasteiger partial charge on any atom is -0.381 e. The fourth-order valence-electron chi connectivity index (χ4n) is 3.17. The predicted molar refractivity (Wildman–Crippen MR) is 84.2 cm³/mol. The van der Waals surface area contributed by atoms with E-state index >= 15 is 0 Å². The van der Waals surface area contributed by atoms with Crippen LogP contribution in [-0.2, 0) is 11.3 Å². The average Bonchev–Trinajstić information content (AvgIpc) is 3.15. The van der Waals surface area contributed by atoms with Crippen LogP contribution in [0, 0.1) is 5.41 Å². The Morgan fingerprint density at radius 3 is 2.85 bits per heavy atom. The molecule has 112 valence electrons. The normalized spacial score (nSPS) is 22.3. The fraction of sp³-hybridized carbons (Fsp3) is 0.750. The fourth-order valence-corrected chi connectivity index (χ4v) is 3.83. The van der Waals surface area contributed by atoms with E-state index in [4.69, 9.17) is 4.74 Å². The monoisotopic (exact) mass is 294 g/mol. The highest BCUT2D eigenvalue weighted by atomic mass is 32.1. The summed E-state index contributed by atoms with van der Waals surface area (Å²) in [7, 11) is 2.26. The molecule has 1 aromatic rings. The van der Waals surface area contributed by atoms with E-state index in [1.54, 1.807) is 11.3 Å². The van der Waals surface area contributed by atoms with Crippen molar-refractivity contribution >= 4 is 11.3 Å². The van der Waals surface area contributed by atoms with Gasteiger partial charge in [-0.15, -0.1) is 0 Å². The molecule has 0 unspecified atom stereocenters. The van der Waals surface area contributed by atoms with Gasteiger partial charge < -0.3 is 15.0 Å². The van der Waals surface area contributed by atoms with Crippen molar-refractivity contribution in [3.63, 3.8) is 0 Å². The van der Waals surface area contributed by atoms with Crippen molar-refractivity contribution < 1.29 is 4.74 Å². The molecular weight excluding hydrogens is 268 g/mol. The van der Waals surface area contributed by atoms with Crippen molar-refractivity contribution in [2.75, 3.05) is 33.4 Å². The van der Waals surface area contributed by atoms with Gasteiger partial charge in [0.05, 0.1) is 0 Å². The lowest BCUT2D eigenvalue weighted by molar-refractivity contribution is -0.00180. The van der Waals surface area contributed by atoms with E-state index in [0.29, 0.717) is 5.41 Å².